The maximum atomic E-state index is 5.97. The van der Waals surface area contributed by atoms with Gasteiger partial charge in [0.05, 0.1) is 0 Å². The van der Waals surface area contributed by atoms with Crippen molar-refractivity contribution in [1.29, 1.82) is 0 Å². The Morgan fingerprint density at radius 2 is 1.24 bits per heavy atom. The summed E-state index contributed by atoms with van der Waals surface area (Å²) in [7, 11) is 0. The average Bonchev–Trinajstić information content (AvgIpc) is 2.38. The predicted octanol–water partition coefficient (Wildman–Crippen LogP) is 3.56. The van der Waals surface area contributed by atoms with Crippen LogP contribution in [-0.4, -0.2) is 6.04 Å². The van der Waals surface area contributed by atoms with Gasteiger partial charge < -0.3 is 5.73 Å². The summed E-state index contributed by atoms with van der Waals surface area (Å²) in [5.41, 5.74) is 8.66. The molecule has 0 heterocycles. The first-order chi connectivity index (χ1) is 8.27. The van der Waals surface area contributed by atoms with Crippen molar-refractivity contribution in [3.8, 4) is 0 Å². The van der Waals surface area contributed by atoms with Gasteiger partial charge in [-0.1, -0.05) is 60.7 Å². The molecular weight excluding hydrogens is 206 g/mol. The topological polar surface area (TPSA) is 26.0 Å². The Bertz CT molecular complexity index is 394. The second-order valence-corrected chi connectivity index (χ2v) is 4.59. The SMILES string of the molecule is C[C@H](N)CC(c1ccccc1)c1ccccc1. The molecule has 1 heteroatoms. The summed E-state index contributed by atoms with van der Waals surface area (Å²) in [6.07, 6.45) is 0.980. The van der Waals surface area contributed by atoms with Gasteiger partial charge in [0.1, 0.15) is 0 Å². The highest BCUT2D eigenvalue weighted by Crippen LogP contribution is 2.28. The molecule has 0 aliphatic carbocycles. The van der Waals surface area contributed by atoms with E-state index in [-0.39, 0.29) is 6.04 Å². The van der Waals surface area contributed by atoms with Crippen molar-refractivity contribution in [3.63, 3.8) is 0 Å². The minimum Gasteiger partial charge on any atom is -0.328 e. The summed E-state index contributed by atoms with van der Waals surface area (Å²) in [4.78, 5) is 0. The summed E-state index contributed by atoms with van der Waals surface area (Å²) in [6.45, 7) is 2.07. The van der Waals surface area contributed by atoms with Gasteiger partial charge in [0.2, 0.25) is 0 Å². The van der Waals surface area contributed by atoms with E-state index in [2.05, 4.69) is 67.6 Å². The van der Waals surface area contributed by atoms with Gasteiger partial charge in [-0.25, -0.2) is 0 Å². The van der Waals surface area contributed by atoms with Gasteiger partial charge in [-0.3, -0.25) is 0 Å². The van der Waals surface area contributed by atoms with E-state index in [0.717, 1.165) is 6.42 Å². The van der Waals surface area contributed by atoms with E-state index in [0.29, 0.717) is 5.92 Å². The Labute approximate surface area is 103 Å². The highest BCUT2D eigenvalue weighted by molar-refractivity contribution is 5.32. The van der Waals surface area contributed by atoms with E-state index < -0.39 is 0 Å². The molecule has 0 fully saturated rings. The predicted molar refractivity (Wildman–Crippen MR) is 73.0 cm³/mol. The lowest BCUT2D eigenvalue weighted by Gasteiger charge is -2.20. The number of benzene rings is 2. The molecule has 88 valence electrons. The van der Waals surface area contributed by atoms with Crippen LogP contribution in [0.3, 0.4) is 0 Å². The molecule has 2 rings (SSSR count). The first-order valence-corrected chi connectivity index (χ1v) is 6.13. The van der Waals surface area contributed by atoms with Crippen LogP contribution in [0, 0.1) is 0 Å². The van der Waals surface area contributed by atoms with Crippen LogP contribution in [0.2, 0.25) is 0 Å². The van der Waals surface area contributed by atoms with E-state index in [1.807, 2.05) is 0 Å². The van der Waals surface area contributed by atoms with Gasteiger partial charge in [-0.05, 0) is 24.5 Å². The van der Waals surface area contributed by atoms with Gasteiger partial charge in [0.15, 0.2) is 0 Å². The van der Waals surface area contributed by atoms with Crippen molar-refractivity contribution < 1.29 is 0 Å². The monoisotopic (exact) mass is 225 g/mol. The minimum absolute atomic E-state index is 0.209. The maximum Gasteiger partial charge on any atom is 0.0104 e. The van der Waals surface area contributed by atoms with Crippen molar-refractivity contribution in [2.75, 3.05) is 0 Å². The first kappa shape index (κ1) is 11.9. The number of nitrogens with two attached hydrogens (primary N) is 1. The van der Waals surface area contributed by atoms with Crippen LogP contribution in [0.25, 0.3) is 0 Å². The normalized spacial score (nSPS) is 12.6. The Hall–Kier alpha value is -1.60. The van der Waals surface area contributed by atoms with E-state index in [9.17, 15) is 0 Å². The highest BCUT2D eigenvalue weighted by atomic mass is 14.6. The summed E-state index contributed by atoms with van der Waals surface area (Å²) in [5.74, 6) is 0.400. The van der Waals surface area contributed by atoms with Crippen molar-refractivity contribution in [1.82, 2.24) is 0 Å². The Morgan fingerprint density at radius 3 is 1.59 bits per heavy atom. The molecule has 0 unspecified atom stereocenters. The summed E-state index contributed by atoms with van der Waals surface area (Å²) >= 11 is 0. The molecular formula is C16H19N. The zero-order valence-corrected chi connectivity index (χ0v) is 10.2. The van der Waals surface area contributed by atoms with E-state index in [4.69, 9.17) is 5.73 Å². The molecule has 1 atom stereocenters. The fourth-order valence-electron chi connectivity index (χ4n) is 2.21. The van der Waals surface area contributed by atoms with Gasteiger partial charge in [0.25, 0.3) is 0 Å². The molecule has 0 radical (unpaired) electrons. The van der Waals surface area contributed by atoms with Gasteiger partial charge >= 0.3 is 0 Å². The second-order valence-electron chi connectivity index (χ2n) is 4.59. The third-order valence-electron chi connectivity index (χ3n) is 3.01. The standard InChI is InChI=1S/C16H19N/c1-13(17)12-16(14-8-4-2-5-9-14)15-10-6-3-7-11-15/h2-11,13,16H,12,17H2,1H3/t13-/m0/s1. The zero-order chi connectivity index (χ0) is 12.1. The van der Waals surface area contributed by atoms with Gasteiger partial charge in [-0.15, -0.1) is 0 Å². The molecule has 2 aromatic rings. The van der Waals surface area contributed by atoms with E-state index in [1.54, 1.807) is 0 Å². The lowest BCUT2D eigenvalue weighted by molar-refractivity contribution is 0.608. The lowest BCUT2D eigenvalue weighted by Crippen LogP contribution is -2.19. The first-order valence-electron chi connectivity index (χ1n) is 6.13. The Kier molecular flexibility index (Phi) is 3.94. The second kappa shape index (κ2) is 5.65. The summed E-state index contributed by atoms with van der Waals surface area (Å²) < 4.78 is 0. The summed E-state index contributed by atoms with van der Waals surface area (Å²) in [5, 5.41) is 0. The molecule has 0 spiro atoms. The lowest BCUT2D eigenvalue weighted by atomic mass is 9.86. The molecule has 2 aromatic carbocycles. The number of rotatable bonds is 4. The molecule has 2 N–H and O–H groups in total. The quantitative estimate of drug-likeness (QED) is 0.846. The smallest absolute Gasteiger partial charge is 0.0104 e. The number of hydrogen-bond acceptors (Lipinski definition) is 1. The van der Waals surface area contributed by atoms with Crippen molar-refractivity contribution in [2.45, 2.75) is 25.3 Å². The summed E-state index contributed by atoms with van der Waals surface area (Å²) in [6, 6.07) is 21.4. The van der Waals surface area contributed by atoms with E-state index >= 15 is 0 Å². The third kappa shape index (κ3) is 3.18. The molecule has 1 nitrogen and oxygen atoms in total. The van der Waals surface area contributed by atoms with Crippen molar-refractivity contribution in [3.05, 3.63) is 71.8 Å². The molecule has 0 saturated carbocycles. The minimum atomic E-state index is 0.209. The Morgan fingerprint density at radius 1 is 0.824 bits per heavy atom. The third-order valence-corrected chi connectivity index (χ3v) is 3.01. The zero-order valence-electron chi connectivity index (χ0n) is 10.2. The largest absolute Gasteiger partial charge is 0.328 e. The van der Waals surface area contributed by atoms with Crippen LogP contribution in [0.5, 0.6) is 0 Å². The van der Waals surface area contributed by atoms with Crippen LogP contribution in [0.4, 0.5) is 0 Å². The van der Waals surface area contributed by atoms with E-state index in [1.165, 1.54) is 11.1 Å². The van der Waals surface area contributed by atoms with Crippen LogP contribution in [0.15, 0.2) is 60.7 Å². The number of hydrogen-bond donors (Lipinski definition) is 1. The average molecular weight is 225 g/mol. The molecule has 0 aromatic heterocycles. The Balaban J connectivity index is 2.32. The molecule has 0 aliphatic rings. The molecule has 0 saturated heterocycles. The van der Waals surface area contributed by atoms with Crippen LogP contribution in [0.1, 0.15) is 30.4 Å². The van der Waals surface area contributed by atoms with Gasteiger partial charge in [0, 0.05) is 12.0 Å². The van der Waals surface area contributed by atoms with Crippen molar-refractivity contribution in [2.24, 2.45) is 5.73 Å². The fourth-order valence-corrected chi connectivity index (χ4v) is 2.21. The van der Waals surface area contributed by atoms with Crippen molar-refractivity contribution >= 4 is 0 Å². The fraction of sp³-hybridized carbons (Fsp3) is 0.250. The van der Waals surface area contributed by atoms with Crippen LogP contribution in [-0.2, 0) is 0 Å². The molecule has 0 aliphatic heterocycles. The van der Waals surface area contributed by atoms with Gasteiger partial charge in [-0.2, -0.15) is 0 Å². The molecule has 0 amide bonds. The van der Waals surface area contributed by atoms with Crippen LogP contribution < -0.4 is 5.73 Å². The molecule has 17 heavy (non-hydrogen) atoms. The molecule has 0 bridgehead atoms. The van der Waals surface area contributed by atoms with Crippen LogP contribution >= 0.6 is 0 Å². The maximum absolute atomic E-state index is 5.97. The highest BCUT2D eigenvalue weighted by Gasteiger charge is 2.15.